The Labute approximate surface area is 132 Å². The van der Waals surface area contributed by atoms with Gasteiger partial charge in [-0.1, -0.05) is 19.4 Å². The number of anilines is 1. The van der Waals surface area contributed by atoms with Crippen molar-refractivity contribution >= 4 is 17.5 Å². The number of rotatable bonds is 5. The predicted octanol–water partition coefficient (Wildman–Crippen LogP) is 2.96. The number of hydrogen-bond acceptors (Lipinski definition) is 2. The van der Waals surface area contributed by atoms with Crippen molar-refractivity contribution < 1.29 is 9.59 Å². The first-order valence-electron chi connectivity index (χ1n) is 8.10. The van der Waals surface area contributed by atoms with Crippen LogP contribution in [-0.2, 0) is 9.59 Å². The maximum atomic E-state index is 12.3. The van der Waals surface area contributed by atoms with E-state index in [4.69, 9.17) is 0 Å². The largest absolute Gasteiger partial charge is 0.353 e. The molecule has 0 aliphatic carbocycles. The highest BCUT2D eigenvalue weighted by molar-refractivity contribution is 6.00. The van der Waals surface area contributed by atoms with Gasteiger partial charge in [-0.3, -0.25) is 9.59 Å². The van der Waals surface area contributed by atoms with E-state index in [2.05, 4.69) is 19.2 Å². The molecule has 4 heteroatoms. The summed E-state index contributed by atoms with van der Waals surface area (Å²) in [6.45, 7) is 8.68. The fourth-order valence-electron chi connectivity index (χ4n) is 2.89. The van der Waals surface area contributed by atoms with Crippen LogP contribution in [0, 0.1) is 19.8 Å². The molecule has 1 aromatic carbocycles. The van der Waals surface area contributed by atoms with E-state index in [1.54, 1.807) is 4.90 Å². The van der Waals surface area contributed by atoms with Crippen LogP contribution in [-0.4, -0.2) is 24.4 Å². The van der Waals surface area contributed by atoms with E-state index in [0.29, 0.717) is 13.0 Å². The lowest BCUT2D eigenvalue weighted by molar-refractivity contribution is -0.126. The maximum absolute atomic E-state index is 12.3. The monoisotopic (exact) mass is 302 g/mol. The van der Waals surface area contributed by atoms with Crippen LogP contribution in [0.4, 0.5) is 5.69 Å². The van der Waals surface area contributed by atoms with Gasteiger partial charge in [-0.2, -0.15) is 0 Å². The summed E-state index contributed by atoms with van der Waals surface area (Å²) in [7, 11) is 0. The van der Waals surface area contributed by atoms with E-state index in [-0.39, 0.29) is 23.8 Å². The van der Waals surface area contributed by atoms with Crippen LogP contribution in [0.15, 0.2) is 18.2 Å². The van der Waals surface area contributed by atoms with Crippen molar-refractivity contribution in [1.82, 2.24) is 5.32 Å². The van der Waals surface area contributed by atoms with Crippen molar-refractivity contribution in [2.75, 3.05) is 11.4 Å². The van der Waals surface area contributed by atoms with Crippen LogP contribution in [0.2, 0.25) is 0 Å². The van der Waals surface area contributed by atoms with Gasteiger partial charge in [0.15, 0.2) is 0 Å². The molecule has 2 rings (SSSR count). The van der Waals surface area contributed by atoms with Crippen LogP contribution < -0.4 is 10.2 Å². The second-order valence-electron chi connectivity index (χ2n) is 6.37. The topological polar surface area (TPSA) is 49.4 Å². The summed E-state index contributed by atoms with van der Waals surface area (Å²) >= 11 is 0. The Hall–Kier alpha value is -1.84. The molecule has 0 spiro atoms. The lowest BCUT2D eigenvalue weighted by atomic mass is 10.1. The summed E-state index contributed by atoms with van der Waals surface area (Å²) in [5.41, 5.74) is 3.26. The van der Waals surface area contributed by atoms with E-state index in [1.165, 1.54) is 5.56 Å². The molecule has 1 aromatic rings. The van der Waals surface area contributed by atoms with E-state index in [9.17, 15) is 9.59 Å². The quantitative estimate of drug-likeness (QED) is 0.909. The third-order valence-corrected chi connectivity index (χ3v) is 4.41. The number of carbonyl (C=O) groups excluding carboxylic acids is 2. The Morgan fingerprint density at radius 2 is 2.09 bits per heavy atom. The number of carbonyl (C=O) groups is 2. The van der Waals surface area contributed by atoms with Gasteiger partial charge in [0, 0.05) is 24.7 Å². The number of aryl methyl sites for hydroxylation is 2. The Bertz CT molecular complexity index is 568. The van der Waals surface area contributed by atoms with Gasteiger partial charge in [0.1, 0.15) is 0 Å². The molecule has 0 bridgehead atoms. The number of nitrogens with zero attached hydrogens (tertiary/aromatic N) is 1. The molecule has 0 saturated carbocycles. The molecule has 4 nitrogen and oxygen atoms in total. The third-order valence-electron chi connectivity index (χ3n) is 4.41. The molecule has 0 unspecified atom stereocenters. The number of benzene rings is 1. The van der Waals surface area contributed by atoms with Gasteiger partial charge >= 0.3 is 0 Å². The summed E-state index contributed by atoms with van der Waals surface area (Å²) in [5.74, 6) is -0.208. The Balaban J connectivity index is 2.04. The zero-order valence-electron chi connectivity index (χ0n) is 14.0. The molecule has 1 fully saturated rings. The minimum absolute atomic E-state index is 0.000587. The lowest BCUT2D eigenvalue weighted by Crippen LogP contribution is -2.38. The highest BCUT2D eigenvalue weighted by atomic mass is 16.2. The smallest absolute Gasteiger partial charge is 0.227 e. The standard InChI is InChI=1S/C18H26N2O2/c1-5-6-14(4)19-18(22)15-10-17(21)20(11-15)16-8-7-12(2)13(3)9-16/h7-9,14-15H,5-6,10-11H2,1-4H3,(H,19,22)/t14-,15-/m0/s1. The van der Waals surface area contributed by atoms with Crippen molar-refractivity contribution in [3.05, 3.63) is 29.3 Å². The average Bonchev–Trinajstić information content (AvgIpc) is 2.84. The van der Waals surface area contributed by atoms with Gasteiger partial charge in [0.25, 0.3) is 0 Å². The molecule has 22 heavy (non-hydrogen) atoms. The molecule has 1 heterocycles. The first-order chi connectivity index (χ1) is 10.4. The fourth-order valence-corrected chi connectivity index (χ4v) is 2.89. The van der Waals surface area contributed by atoms with E-state index in [1.807, 2.05) is 32.0 Å². The Morgan fingerprint density at radius 3 is 2.73 bits per heavy atom. The summed E-state index contributed by atoms with van der Waals surface area (Å²) in [5, 5.41) is 3.02. The van der Waals surface area contributed by atoms with Crippen LogP contribution in [0.5, 0.6) is 0 Å². The Kier molecular flexibility index (Phi) is 5.22. The first kappa shape index (κ1) is 16.5. The fraction of sp³-hybridized carbons (Fsp3) is 0.556. The first-order valence-corrected chi connectivity index (χ1v) is 8.10. The minimum Gasteiger partial charge on any atom is -0.353 e. The molecule has 2 atom stereocenters. The molecule has 0 aromatic heterocycles. The minimum atomic E-state index is -0.242. The molecule has 120 valence electrons. The lowest BCUT2D eigenvalue weighted by Gasteiger charge is -2.19. The normalized spacial score (nSPS) is 19.4. The summed E-state index contributed by atoms with van der Waals surface area (Å²) in [4.78, 5) is 26.3. The average molecular weight is 302 g/mol. The summed E-state index contributed by atoms with van der Waals surface area (Å²) < 4.78 is 0. The molecule has 0 radical (unpaired) electrons. The van der Waals surface area contributed by atoms with Gasteiger partial charge in [-0.15, -0.1) is 0 Å². The van der Waals surface area contributed by atoms with E-state index >= 15 is 0 Å². The molecular formula is C18H26N2O2. The van der Waals surface area contributed by atoms with Crippen molar-refractivity contribution in [3.8, 4) is 0 Å². The molecule has 1 aliphatic heterocycles. The summed E-state index contributed by atoms with van der Waals surface area (Å²) in [6, 6.07) is 6.17. The highest BCUT2D eigenvalue weighted by Crippen LogP contribution is 2.27. The third kappa shape index (κ3) is 3.67. The van der Waals surface area contributed by atoms with Crippen LogP contribution in [0.3, 0.4) is 0 Å². The van der Waals surface area contributed by atoms with E-state index < -0.39 is 0 Å². The van der Waals surface area contributed by atoms with Gasteiger partial charge in [-0.25, -0.2) is 0 Å². The van der Waals surface area contributed by atoms with Gasteiger partial charge in [-0.05, 0) is 50.5 Å². The molecule has 2 amide bonds. The zero-order valence-corrected chi connectivity index (χ0v) is 14.0. The van der Waals surface area contributed by atoms with Gasteiger partial charge in [0.2, 0.25) is 11.8 Å². The number of hydrogen-bond donors (Lipinski definition) is 1. The zero-order chi connectivity index (χ0) is 16.3. The van der Waals surface area contributed by atoms with Gasteiger partial charge in [0.05, 0.1) is 5.92 Å². The number of amides is 2. The molecule has 1 N–H and O–H groups in total. The SMILES string of the molecule is CCC[C@H](C)NC(=O)[C@H]1CC(=O)N(c2ccc(C)c(C)c2)C1. The maximum Gasteiger partial charge on any atom is 0.227 e. The van der Waals surface area contributed by atoms with Crippen molar-refractivity contribution in [1.29, 1.82) is 0 Å². The second kappa shape index (κ2) is 6.95. The van der Waals surface area contributed by atoms with Crippen LogP contribution in [0.25, 0.3) is 0 Å². The van der Waals surface area contributed by atoms with Crippen molar-refractivity contribution in [3.63, 3.8) is 0 Å². The molecular weight excluding hydrogens is 276 g/mol. The predicted molar refractivity (Wildman–Crippen MR) is 88.9 cm³/mol. The Morgan fingerprint density at radius 1 is 1.36 bits per heavy atom. The molecule has 1 aliphatic rings. The summed E-state index contributed by atoms with van der Waals surface area (Å²) in [6.07, 6.45) is 2.31. The van der Waals surface area contributed by atoms with Crippen molar-refractivity contribution in [2.45, 2.75) is 53.0 Å². The second-order valence-corrected chi connectivity index (χ2v) is 6.37. The van der Waals surface area contributed by atoms with Crippen LogP contribution >= 0.6 is 0 Å². The van der Waals surface area contributed by atoms with E-state index in [0.717, 1.165) is 24.1 Å². The van der Waals surface area contributed by atoms with Crippen molar-refractivity contribution in [2.24, 2.45) is 5.92 Å². The number of nitrogens with one attached hydrogen (secondary N) is 1. The molecule has 1 saturated heterocycles. The van der Waals surface area contributed by atoms with Crippen LogP contribution in [0.1, 0.15) is 44.2 Å². The van der Waals surface area contributed by atoms with Gasteiger partial charge < -0.3 is 10.2 Å². The highest BCUT2D eigenvalue weighted by Gasteiger charge is 2.35.